The fourth-order valence-electron chi connectivity index (χ4n) is 1.64. The van der Waals surface area contributed by atoms with Crippen molar-refractivity contribution in [3.05, 3.63) is 65.2 Å². The quantitative estimate of drug-likeness (QED) is 0.417. The van der Waals surface area contributed by atoms with Gasteiger partial charge in [0.25, 0.3) is 0 Å². The number of hydrogen-bond donors (Lipinski definition) is 0. The van der Waals surface area contributed by atoms with Crippen LogP contribution in [0.3, 0.4) is 0 Å². The third-order valence-electron chi connectivity index (χ3n) is 2.55. The fourth-order valence-corrected chi connectivity index (χ4v) is 2.17. The second kappa shape index (κ2) is 6.76. The van der Waals surface area contributed by atoms with Crippen molar-refractivity contribution in [3.63, 3.8) is 0 Å². The van der Waals surface area contributed by atoms with Crippen molar-refractivity contribution in [1.82, 2.24) is 0 Å². The van der Waals surface area contributed by atoms with Gasteiger partial charge in [0.2, 0.25) is 0 Å². The maximum Gasteiger partial charge on any atom is 1.00 e. The van der Waals surface area contributed by atoms with Gasteiger partial charge in [-0.3, -0.25) is 4.79 Å². The van der Waals surface area contributed by atoms with E-state index in [1.54, 1.807) is 0 Å². The molecule has 104 valence electrons. The molecule has 0 bridgehead atoms. The molecule has 0 heterocycles. The summed E-state index contributed by atoms with van der Waals surface area (Å²) in [7, 11) is -4.94. The summed E-state index contributed by atoms with van der Waals surface area (Å²) in [6.07, 6.45) is 0. The molecule has 4 nitrogen and oxygen atoms in total. The fraction of sp³-hybridized carbons (Fsp3) is 0. The van der Waals surface area contributed by atoms with Crippen LogP contribution in [0.25, 0.3) is 0 Å². The zero-order valence-corrected chi connectivity index (χ0v) is 13.7. The summed E-state index contributed by atoms with van der Waals surface area (Å²) < 4.78 is 58.7. The average Bonchev–Trinajstić information content (AvgIpc) is 2.36. The van der Waals surface area contributed by atoms with Crippen molar-refractivity contribution in [3.8, 4) is 0 Å². The summed E-state index contributed by atoms with van der Waals surface area (Å²) in [6, 6.07) is 7.11. The number of benzene rings is 2. The third-order valence-corrected chi connectivity index (χ3v) is 3.42. The van der Waals surface area contributed by atoms with Crippen molar-refractivity contribution < 1.29 is 56.1 Å². The minimum atomic E-state index is -4.94. The van der Waals surface area contributed by atoms with Crippen molar-refractivity contribution >= 4 is 15.9 Å². The van der Waals surface area contributed by atoms with Gasteiger partial charge in [-0.2, -0.15) is 0 Å². The van der Waals surface area contributed by atoms with Crippen LogP contribution in [0.4, 0.5) is 8.78 Å². The molecule has 0 unspecified atom stereocenters. The van der Waals surface area contributed by atoms with Crippen molar-refractivity contribution in [2.45, 2.75) is 4.90 Å². The van der Waals surface area contributed by atoms with Crippen LogP contribution in [0, 0.1) is 11.6 Å². The smallest absolute Gasteiger partial charge is 0.744 e. The summed E-state index contributed by atoms with van der Waals surface area (Å²) >= 11 is 0. The first-order chi connectivity index (χ1) is 9.29. The third kappa shape index (κ3) is 4.18. The molecule has 2 aromatic rings. The topological polar surface area (TPSA) is 74.3 Å². The van der Waals surface area contributed by atoms with E-state index in [1.165, 1.54) is 12.1 Å². The molecule has 0 saturated carbocycles. The monoisotopic (exact) mass is 320 g/mol. The first-order valence-corrected chi connectivity index (χ1v) is 6.75. The van der Waals surface area contributed by atoms with Crippen LogP contribution in [0.1, 0.15) is 15.9 Å². The van der Waals surface area contributed by atoms with Crippen LogP contribution < -0.4 is 29.6 Å². The largest absolute Gasteiger partial charge is 1.00 e. The van der Waals surface area contributed by atoms with Crippen LogP contribution in [0.15, 0.2) is 47.4 Å². The maximum absolute atomic E-state index is 13.5. The number of ketones is 1. The molecule has 0 aliphatic heterocycles. The van der Waals surface area contributed by atoms with Gasteiger partial charge in [0, 0.05) is 11.1 Å². The second-order valence-electron chi connectivity index (χ2n) is 3.94. The van der Waals surface area contributed by atoms with E-state index in [1.807, 2.05) is 0 Å². The van der Waals surface area contributed by atoms with Gasteiger partial charge < -0.3 is 4.55 Å². The molecule has 0 atom stereocenters. The van der Waals surface area contributed by atoms with Gasteiger partial charge in [0.05, 0.1) is 4.90 Å². The molecule has 0 radical (unpaired) electrons. The van der Waals surface area contributed by atoms with Crippen LogP contribution in [0.5, 0.6) is 0 Å². The Morgan fingerprint density at radius 3 is 2.14 bits per heavy atom. The van der Waals surface area contributed by atoms with Crippen LogP contribution in [-0.4, -0.2) is 18.8 Å². The molecule has 21 heavy (non-hydrogen) atoms. The number of carbonyl (C=O) groups is 1. The Bertz CT molecular complexity index is 791. The molecule has 0 saturated heterocycles. The Balaban J connectivity index is 0.00000220. The molecule has 8 heteroatoms. The minimum Gasteiger partial charge on any atom is -0.744 e. The normalized spacial score (nSPS) is 10.8. The van der Waals surface area contributed by atoms with Gasteiger partial charge in [0.1, 0.15) is 21.8 Å². The minimum absolute atomic E-state index is 0. The Labute approximate surface area is 141 Å². The van der Waals surface area contributed by atoms with E-state index < -0.39 is 32.4 Å². The van der Waals surface area contributed by atoms with Gasteiger partial charge in [-0.15, -0.1) is 0 Å². The van der Waals surface area contributed by atoms with Crippen LogP contribution in [0.2, 0.25) is 0 Å². The van der Waals surface area contributed by atoms with E-state index in [4.69, 9.17) is 0 Å². The number of rotatable bonds is 3. The SMILES string of the molecule is O=C(c1cccc(F)c1)c1ccc(S(=O)(=O)[O-])c(F)c1.[Na+]. The molecule has 0 aromatic heterocycles. The summed E-state index contributed by atoms with van der Waals surface area (Å²) in [5, 5.41) is 0. The van der Waals surface area contributed by atoms with Crippen LogP contribution in [-0.2, 0) is 10.1 Å². The Hall–Kier alpha value is -1.12. The predicted octanol–water partition coefficient (Wildman–Crippen LogP) is -0.896. The summed E-state index contributed by atoms with van der Waals surface area (Å²) in [6.45, 7) is 0. The Kier molecular flexibility index (Phi) is 5.77. The predicted molar refractivity (Wildman–Crippen MR) is 64.2 cm³/mol. The Morgan fingerprint density at radius 1 is 1.00 bits per heavy atom. The van der Waals surface area contributed by atoms with E-state index in [0.717, 1.165) is 18.2 Å². The summed E-state index contributed by atoms with van der Waals surface area (Å²) in [4.78, 5) is 10.9. The Morgan fingerprint density at radius 2 is 1.62 bits per heavy atom. The number of halogens is 2. The van der Waals surface area contributed by atoms with Gasteiger partial charge in [-0.25, -0.2) is 17.2 Å². The average molecular weight is 320 g/mol. The van der Waals surface area contributed by atoms with Crippen molar-refractivity contribution in [2.75, 3.05) is 0 Å². The van der Waals surface area contributed by atoms with E-state index in [0.29, 0.717) is 12.1 Å². The molecule has 2 aromatic carbocycles. The molecule has 0 amide bonds. The van der Waals surface area contributed by atoms with Crippen LogP contribution >= 0.6 is 0 Å². The summed E-state index contributed by atoms with van der Waals surface area (Å²) in [5.41, 5.74) is -0.192. The first-order valence-electron chi connectivity index (χ1n) is 5.35. The van der Waals surface area contributed by atoms with Gasteiger partial charge in [-0.05, 0) is 30.3 Å². The zero-order valence-electron chi connectivity index (χ0n) is 10.8. The molecule has 0 aliphatic rings. The maximum atomic E-state index is 13.5. The second-order valence-corrected chi connectivity index (χ2v) is 5.29. The first kappa shape index (κ1) is 17.9. The number of carbonyl (C=O) groups excluding carboxylic acids is 1. The molecular weight excluding hydrogens is 313 g/mol. The van der Waals surface area contributed by atoms with E-state index in [9.17, 15) is 26.5 Å². The molecule has 2 rings (SSSR count). The van der Waals surface area contributed by atoms with Crippen molar-refractivity contribution in [1.29, 1.82) is 0 Å². The molecule has 0 aliphatic carbocycles. The van der Waals surface area contributed by atoms with E-state index in [-0.39, 0.29) is 40.7 Å². The summed E-state index contributed by atoms with van der Waals surface area (Å²) in [5.74, 6) is -2.63. The van der Waals surface area contributed by atoms with E-state index in [2.05, 4.69) is 0 Å². The molecule has 0 fully saturated rings. The van der Waals surface area contributed by atoms with Gasteiger partial charge >= 0.3 is 29.6 Å². The number of hydrogen-bond acceptors (Lipinski definition) is 4. The molecule has 0 spiro atoms. The molecular formula is C13H7F2NaO4S. The standard InChI is InChI=1S/C13H8F2O4S.Na/c14-10-3-1-2-8(6-10)13(16)9-4-5-12(11(15)7-9)20(17,18)19;/h1-7H,(H,17,18,19);/q;+1/p-1. The zero-order chi connectivity index (χ0) is 14.9. The van der Waals surface area contributed by atoms with E-state index >= 15 is 0 Å². The van der Waals surface area contributed by atoms with Crippen molar-refractivity contribution in [2.24, 2.45) is 0 Å². The molecule has 0 N–H and O–H groups in total. The van der Waals surface area contributed by atoms with Gasteiger partial charge in [-0.1, -0.05) is 12.1 Å². The van der Waals surface area contributed by atoms with Gasteiger partial charge in [0.15, 0.2) is 5.78 Å².